The Hall–Kier alpha value is -2.79. The van der Waals surface area contributed by atoms with Crippen molar-refractivity contribution in [2.75, 3.05) is 6.54 Å². The second-order valence-corrected chi connectivity index (χ2v) is 6.72. The molecule has 2 aromatic carbocycles. The molecule has 1 aliphatic rings. The lowest BCUT2D eigenvalue weighted by Gasteiger charge is -2.11. The highest BCUT2D eigenvalue weighted by molar-refractivity contribution is 5.99. The van der Waals surface area contributed by atoms with E-state index in [-0.39, 0.29) is 18.6 Å². The maximum absolute atomic E-state index is 12.7. The van der Waals surface area contributed by atoms with Crippen molar-refractivity contribution in [1.29, 1.82) is 0 Å². The highest BCUT2D eigenvalue weighted by Gasteiger charge is 2.29. The van der Waals surface area contributed by atoms with Crippen LogP contribution >= 0.6 is 0 Å². The number of carbonyl (C=O) groups excluding carboxylic acids is 1. The maximum atomic E-state index is 12.7. The van der Waals surface area contributed by atoms with Crippen molar-refractivity contribution >= 4 is 16.9 Å². The molecule has 1 aliphatic carbocycles. The molecule has 1 unspecified atom stereocenters. The molecule has 0 radical (unpaired) electrons. The lowest BCUT2D eigenvalue weighted by molar-refractivity contribution is 0.0921. The summed E-state index contributed by atoms with van der Waals surface area (Å²) in [7, 11) is 0. The molecule has 1 aromatic heterocycles. The normalized spacial score (nSPS) is 15.0. The summed E-state index contributed by atoms with van der Waals surface area (Å²) in [5.41, 5.74) is 7.51. The van der Waals surface area contributed by atoms with E-state index in [1.807, 2.05) is 54.6 Å². The zero-order valence-electron chi connectivity index (χ0n) is 14.5. The summed E-state index contributed by atoms with van der Waals surface area (Å²) in [5, 5.41) is 3.80. The van der Waals surface area contributed by atoms with Crippen molar-refractivity contribution in [3.05, 3.63) is 65.9 Å². The quantitative estimate of drug-likeness (QED) is 0.684. The van der Waals surface area contributed by atoms with Crippen LogP contribution in [-0.4, -0.2) is 18.5 Å². The molecule has 0 bridgehead atoms. The Morgan fingerprint density at radius 1 is 1.15 bits per heavy atom. The number of nitrogens with two attached hydrogens (primary N) is 1. The van der Waals surface area contributed by atoms with E-state index in [4.69, 9.17) is 14.9 Å². The first-order valence-electron chi connectivity index (χ1n) is 8.94. The van der Waals surface area contributed by atoms with Gasteiger partial charge in [0.15, 0.2) is 5.76 Å². The number of hydrogen-bond donors (Lipinski definition) is 2. The van der Waals surface area contributed by atoms with E-state index in [1.165, 1.54) is 0 Å². The number of ether oxygens (including phenoxy) is 1. The number of carbonyl (C=O) groups is 1. The van der Waals surface area contributed by atoms with E-state index in [0.29, 0.717) is 23.8 Å². The highest BCUT2D eigenvalue weighted by Crippen LogP contribution is 2.31. The summed E-state index contributed by atoms with van der Waals surface area (Å²) in [6, 6.07) is 17.1. The summed E-state index contributed by atoms with van der Waals surface area (Å²) in [4.78, 5) is 12.7. The minimum Gasteiger partial charge on any atom is -0.489 e. The first kappa shape index (κ1) is 16.7. The van der Waals surface area contributed by atoms with Crippen LogP contribution in [0.4, 0.5) is 0 Å². The van der Waals surface area contributed by atoms with Gasteiger partial charge in [0.2, 0.25) is 0 Å². The average Bonchev–Trinajstić information content (AvgIpc) is 3.46. The zero-order chi connectivity index (χ0) is 17.9. The molecule has 5 heteroatoms. The molecule has 3 N–H and O–H groups in total. The van der Waals surface area contributed by atoms with E-state index in [9.17, 15) is 4.79 Å². The second kappa shape index (κ2) is 7.22. The van der Waals surface area contributed by atoms with Crippen molar-refractivity contribution in [1.82, 2.24) is 5.32 Å². The van der Waals surface area contributed by atoms with Crippen LogP contribution in [0, 0.1) is 5.92 Å². The number of furan rings is 1. The van der Waals surface area contributed by atoms with Crippen LogP contribution in [0.2, 0.25) is 0 Å². The second-order valence-electron chi connectivity index (χ2n) is 6.72. The summed E-state index contributed by atoms with van der Waals surface area (Å²) in [5.74, 6) is 1.33. The van der Waals surface area contributed by atoms with Gasteiger partial charge in [0, 0.05) is 23.5 Å². The molecule has 0 spiro atoms. The monoisotopic (exact) mass is 350 g/mol. The summed E-state index contributed by atoms with van der Waals surface area (Å²) < 4.78 is 11.7. The van der Waals surface area contributed by atoms with E-state index in [2.05, 4.69) is 5.32 Å². The van der Waals surface area contributed by atoms with Crippen molar-refractivity contribution in [2.24, 2.45) is 11.7 Å². The van der Waals surface area contributed by atoms with Crippen LogP contribution in [0.15, 0.2) is 59.0 Å². The summed E-state index contributed by atoms with van der Waals surface area (Å²) in [6.45, 7) is 0.720. The van der Waals surface area contributed by atoms with Gasteiger partial charge >= 0.3 is 0 Å². The Morgan fingerprint density at radius 3 is 2.65 bits per heavy atom. The molecule has 26 heavy (non-hydrogen) atoms. The van der Waals surface area contributed by atoms with Gasteiger partial charge in [-0.25, -0.2) is 0 Å². The van der Waals surface area contributed by atoms with E-state index < -0.39 is 0 Å². The molecule has 1 amide bonds. The van der Waals surface area contributed by atoms with E-state index in [1.54, 1.807) is 0 Å². The van der Waals surface area contributed by atoms with Crippen molar-refractivity contribution in [3.63, 3.8) is 0 Å². The molecule has 3 aromatic rings. The van der Waals surface area contributed by atoms with E-state index in [0.717, 1.165) is 29.5 Å². The van der Waals surface area contributed by atoms with Crippen molar-refractivity contribution in [2.45, 2.75) is 25.5 Å². The van der Waals surface area contributed by atoms with Crippen molar-refractivity contribution < 1.29 is 13.9 Å². The fourth-order valence-corrected chi connectivity index (χ4v) is 3.08. The van der Waals surface area contributed by atoms with Crippen LogP contribution in [0.25, 0.3) is 11.0 Å². The Balaban J connectivity index is 1.55. The predicted molar refractivity (Wildman–Crippen MR) is 100 cm³/mol. The third-order valence-electron chi connectivity index (χ3n) is 4.76. The number of rotatable bonds is 7. The lowest BCUT2D eigenvalue weighted by atomic mass is 10.1. The summed E-state index contributed by atoms with van der Waals surface area (Å²) >= 11 is 0. The van der Waals surface area contributed by atoms with Crippen LogP contribution in [-0.2, 0) is 6.61 Å². The first-order valence-corrected chi connectivity index (χ1v) is 8.94. The molecule has 0 aliphatic heterocycles. The molecular formula is C21H22N2O3. The molecule has 1 atom stereocenters. The molecule has 1 heterocycles. The Morgan fingerprint density at radius 2 is 1.88 bits per heavy atom. The number of amides is 1. The van der Waals surface area contributed by atoms with Crippen LogP contribution < -0.4 is 15.8 Å². The zero-order valence-corrected chi connectivity index (χ0v) is 14.5. The Bertz CT molecular complexity index is 900. The Labute approximate surface area is 152 Å². The lowest BCUT2D eigenvalue weighted by Crippen LogP contribution is -2.38. The number of hydrogen-bond acceptors (Lipinski definition) is 4. The topological polar surface area (TPSA) is 77.5 Å². The number of fused-ring (bicyclic) bond motifs is 1. The van der Waals surface area contributed by atoms with Crippen LogP contribution in [0.5, 0.6) is 5.75 Å². The first-order chi connectivity index (χ1) is 12.7. The Kier molecular flexibility index (Phi) is 4.63. The third-order valence-corrected chi connectivity index (χ3v) is 4.76. The molecule has 1 fully saturated rings. The SMILES string of the molecule is NC(CNC(=O)c1oc2ccccc2c1COc1ccccc1)C1CC1. The maximum Gasteiger partial charge on any atom is 0.287 e. The molecular weight excluding hydrogens is 328 g/mol. The average molecular weight is 350 g/mol. The van der Waals surface area contributed by atoms with Gasteiger partial charge in [-0.2, -0.15) is 0 Å². The van der Waals surface area contributed by atoms with Crippen molar-refractivity contribution in [3.8, 4) is 5.75 Å². The van der Waals surface area contributed by atoms with Gasteiger partial charge in [-0.15, -0.1) is 0 Å². The van der Waals surface area contributed by atoms with E-state index >= 15 is 0 Å². The number of para-hydroxylation sites is 2. The van der Waals surface area contributed by atoms with Gasteiger partial charge in [0.25, 0.3) is 5.91 Å². The number of nitrogens with one attached hydrogen (secondary N) is 1. The molecule has 134 valence electrons. The predicted octanol–water partition coefficient (Wildman–Crippen LogP) is 3.48. The van der Waals surface area contributed by atoms with Gasteiger partial charge < -0.3 is 20.2 Å². The fraction of sp³-hybridized carbons (Fsp3) is 0.286. The van der Waals surface area contributed by atoms with Gasteiger partial charge in [-0.3, -0.25) is 4.79 Å². The standard InChI is InChI=1S/C21H22N2O3/c22-18(14-10-11-14)12-23-21(24)20-17(13-25-15-6-2-1-3-7-15)16-8-4-5-9-19(16)26-20/h1-9,14,18H,10-13,22H2,(H,23,24). The van der Waals surface area contributed by atoms with Gasteiger partial charge in [0.1, 0.15) is 17.9 Å². The largest absolute Gasteiger partial charge is 0.489 e. The summed E-state index contributed by atoms with van der Waals surface area (Å²) in [6.07, 6.45) is 2.30. The van der Waals surface area contributed by atoms with Crippen LogP contribution in [0.1, 0.15) is 29.0 Å². The van der Waals surface area contributed by atoms with Gasteiger partial charge in [-0.1, -0.05) is 36.4 Å². The minimum atomic E-state index is -0.246. The highest BCUT2D eigenvalue weighted by atomic mass is 16.5. The smallest absolute Gasteiger partial charge is 0.287 e. The molecule has 0 saturated heterocycles. The number of benzene rings is 2. The van der Waals surface area contributed by atoms with Gasteiger partial charge in [0.05, 0.1) is 0 Å². The van der Waals surface area contributed by atoms with Gasteiger partial charge in [-0.05, 0) is 37.0 Å². The minimum absolute atomic E-state index is 0.00680. The third kappa shape index (κ3) is 3.58. The molecule has 4 rings (SSSR count). The molecule has 1 saturated carbocycles. The molecule has 5 nitrogen and oxygen atoms in total. The van der Waals surface area contributed by atoms with Crippen LogP contribution in [0.3, 0.4) is 0 Å². The fourth-order valence-electron chi connectivity index (χ4n) is 3.08.